The Bertz CT molecular complexity index is 1110. The van der Waals surface area contributed by atoms with Crippen LogP contribution in [-0.4, -0.2) is 26.4 Å². The normalized spacial score (nSPS) is 12.1. The Kier molecular flexibility index (Phi) is 6.54. The lowest BCUT2D eigenvalue weighted by Crippen LogP contribution is -2.17. The van der Waals surface area contributed by atoms with E-state index in [4.69, 9.17) is 0 Å². The first-order valence-corrected chi connectivity index (χ1v) is 10.0. The quantitative estimate of drug-likeness (QED) is 0.389. The second kappa shape index (κ2) is 8.85. The Morgan fingerprint density at radius 2 is 1.62 bits per heavy atom. The van der Waals surface area contributed by atoms with Gasteiger partial charge in [0.05, 0.1) is 16.9 Å². The molecule has 0 spiro atoms. The summed E-state index contributed by atoms with van der Waals surface area (Å²) in [5.74, 6) is -0.538. The van der Waals surface area contributed by atoms with Gasteiger partial charge in [-0.25, -0.2) is 0 Å². The van der Waals surface area contributed by atoms with Gasteiger partial charge in [0, 0.05) is 18.3 Å². The van der Waals surface area contributed by atoms with Crippen molar-refractivity contribution in [2.24, 2.45) is 7.05 Å². The number of hydrogen-bond donors (Lipinski definition) is 1. The molecule has 0 atom stereocenters. The van der Waals surface area contributed by atoms with Gasteiger partial charge in [-0.2, -0.15) is 26.3 Å². The number of nitrogens with zero attached hydrogens (tertiary/aromatic N) is 3. The number of thioether (sulfide) groups is 1. The topological polar surface area (TPSA) is 59.8 Å². The molecule has 0 aliphatic heterocycles. The van der Waals surface area contributed by atoms with E-state index in [2.05, 4.69) is 15.5 Å². The van der Waals surface area contributed by atoms with Crippen LogP contribution >= 0.6 is 11.8 Å². The van der Waals surface area contributed by atoms with Crippen molar-refractivity contribution in [2.45, 2.75) is 24.4 Å². The summed E-state index contributed by atoms with van der Waals surface area (Å²) in [5.41, 5.74) is -1.80. The number of anilines is 1. The van der Waals surface area contributed by atoms with E-state index < -0.39 is 35.1 Å². The molecule has 32 heavy (non-hydrogen) atoms. The second-order valence-corrected chi connectivity index (χ2v) is 7.81. The van der Waals surface area contributed by atoms with Crippen LogP contribution in [0.5, 0.6) is 0 Å². The third-order valence-electron chi connectivity index (χ3n) is 4.31. The van der Waals surface area contributed by atoms with Gasteiger partial charge in [-0.3, -0.25) is 4.79 Å². The van der Waals surface area contributed by atoms with Crippen molar-refractivity contribution in [3.05, 3.63) is 59.2 Å². The fourth-order valence-electron chi connectivity index (χ4n) is 2.83. The molecule has 0 fully saturated rings. The highest BCUT2D eigenvalue weighted by Gasteiger charge is 2.37. The van der Waals surface area contributed by atoms with Crippen LogP contribution in [0.1, 0.15) is 16.7 Å². The van der Waals surface area contributed by atoms with E-state index in [0.717, 1.165) is 22.9 Å². The van der Waals surface area contributed by atoms with Crippen LogP contribution in [0.25, 0.3) is 11.4 Å². The van der Waals surface area contributed by atoms with Crippen LogP contribution in [0, 0.1) is 6.92 Å². The number of nitrogens with one attached hydrogen (secondary N) is 1. The summed E-state index contributed by atoms with van der Waals surface area (Å²) in [6.45, 7) is 1.91. The van der Waals surface area contributed by atoms with E-state index in [1.807, 2.05) is 31.2 Å². The molecule has 1 heterocycles. The molecule has 12 heteroatoms. The number of carbonyl (C=O) groups is 1. The number of aryl methyl sites for hydroxylation is 1. The first-order chi connectivity index (χ1) is 14.8. The largest absolute Gasteiger partial charge is 0.416 e. The number of benzene rings is 2. The molecule has 0 unspecified atom stereocenters. The number of aromatic nitrogens is 3. The van der Waals surface area contributed by atoms with Crippen LogP contribution in [0.3, 0.4) is 0 Å². The first kappa shape index (κ1) is 23.6. The van der Waals surface area contributed by atoms with Crippen LogP contribution in [0.2, 0.25) is 0 Å². The zero-order valence-electron chi connectivity index (χ0n) is 16.7. The maximum absolute atomic E-state index is 13.0. The molecule has 2 aromatic carbocycles. The van der Waals surface area contributed by atoms with Gasteiger partial charge in [0.15, 0.2) is 11.0 Å². The lowest BCUT2D eigenvalue weighted by molar-refractivity contribution is -0.143. The van der Waals surface area contributed by atoms with E-state index in [0.29, 0.717) is 23.1 Å². The minimum Gasteiger partial charge on any atom is -0.325 e. The minimum absolute atomic E-state index is 0.00319. The van der Waals surface area contributed by atoms with Gasteiger partial charge in [0.25, 0.3) is 0 Å². The fraction of sp³-hybridized carbons (Fsp3) is 0.250. The zero-order valence-corrected chi connectivity index (χ0v) is 17.5. The minimum atomic E-state index is -5.00. The van der Waals surface area contributed by atoms with E-state index in [9.17, 15) is 31.1 Å². The average molecular weight is 474 g/mol. The third kappa shape index (κ3) is 5.61. The van der Waals surface area contributed by atoms with Crippen molar-refractivity contribution in [3.63, 3.8) is 0 Å². The second-order valence-electron chi connectivity index (χ2n) is 6.87. The molecule has 0 bridgehead atoms. The first-order valence-electron chi connectivity index (χ1n) is 9.03. The monoisotopic (exact) mass is 474 g/mol. The van der Waals surface area contributed by atoms with Gasteiger partial charge in [-0.05, 0) is 31.2 Å². The molecule has 0 saturated heterocycles. The molecule has 1 aromatic heterocycles. The van der Waals surface area contributed by atoms with Crippen LogP contribution in [0.15, 0.2) is 47.6 Å². The van der Waals surface area contributed by atoms with Gasteiger partial charge in [0.2, 0.25) is 5.91 Å². The number of rotatable bonds is 5. The molecule has 3 aromatic rings. The molecule has 0 aliphatic carbocycles. The van der Waals surface area contributed by atoms with Crippen molar-refractivity contribution in [1.82, 2.24) is 14.8 Å². The van der Waals surface area contributed by atoms with Crippen molar-refractivity contribution < 1.29 is 31.1 Å². The van der Waals surface area contributed by atoms with Gasteiger partial charge < -0.3 is 9.88 Å². The summed E-state index contributed by atoms with van der Waals surface area (Å²) in [6.07, 6.45) is -10.00. The highest BCUT2D eigenvalue weighted by molar-refractivity contribution is 7.99. The highest BCUT2D eigenvalue weighted by atomic mass is 32.2. The molecular formula is C20H16F6N4OS. The molecule has 170 valence electrons. The Labute approximate surface area is 182 Å². The number of carbonyl (C=O) groups excluding carboxylic acids is 1. The summed E-state index contributed by atoms with van der Waals surface area (Å²) < 4.78 is 79.4. The van der Waals surface area contributed by atoms with Crippen LogP contribution in [0.4, 0.5) is 32.0 Å². The lowest BCUT2D eigenvalue weighted by Gasteiger charge is -2.14. The van der Waals surface area contributed by atoms with Gasteiger partial charge >= 0.3 is 12.4 Å². The molecule has 1 N–H and O–H groups in total. The smallest absolute Gasteiger partial charge is 0.325 e. The van der Waals surface area contributed by atoms with Gasteiger partial charge in [0.1, 0.15) is 0 Å². The average Bonchev–Trinajstić information content (AvgIpc) is 3.05. The molecule has 0 saturated carbocycles. The summed E-state index contributed by atoms with van der Waals surface area (Å²) in [4.78, 5) is 12.2. The maximum atomic E-state index is 13.0. The van der Waals surface area contributed by atoms with Gasteiger partial charge in [-0.15, -0.1) is 10.2 Å². The van der Waals surface area contributed by atoms with Crippen LogP contribution < -0.4 is 5.32 Å². The van der Waals surface area contributed by atoms with Crippen molar-refractivity contribution in [3.8, 4) is 11.4 Å². The summed E-state index contributed by atoms with van der Waals surface area (Å²) >= 11 is 0.946. The van der Waals surface area contributed by atoms with E-state index >= 15 is 0 Å². The zero-order chi connectivity index (χ0) is 23.7. The summed E-state index contributed by atoms with van der Waals surface area (Å²) in [7, 11) is 1.68. The predicted octanol–water partition coefficient (Wildman–Crippen LogP) is 5.56. The van der Waals surface area contributed by atoms with E-state index in [-0.39, 0.29) is 11.8 Å². The SMILES string of the molecule is Cc1cccc(-c2nnc(SCC(=O)Nc3cc(C(F)(F)F)cc(C(F)(F)F)c3)n2C)c1. The molecule has 0 aliphatic rings. The number of amides is 1. The predicted molar refractivity (Wildman–Crippen MR) is 107 cm³/mol. The Balaban J connectivity index is 1.73. The maximum Gasteiger partial charge on any atom is 0.416 e. The van der Waals surface area contributed by atoms with Gasteiger partial charge in [-0.1, -0.05) is 35.5 Å². The number of alkyl halides is 6. The molecule has 3 rings (SSSR count). The Morgan fingerprint density at radius 1 is 1.00 bits per heavy atom. The van der Waals surface area contributed by atoms with Crippen molar-refractivity contribution in [2.75, 3.05) is 11.1 Å². The Hall–Kier alpha value is -3.02. The molecule has 0 radical (unpaired) electrons. The molecule has 5 nitrogen and oxygen atoms in total. The van der Waals surface area contributed by atoms with Crippen molar-refractivity contribution >= 4 is 23.4 Å². The van der Waals surface area contributed by atoms with Crippen molar-refractivity contribution in [1.29, 1.82) is 0 Å². The third-order valence-corrected chi connectivity index (χ3v) is 5.34. The summed E-state index contributed by atoms with van der Waals surface area (Å²) in [6, 6.07) is 8.41. The van der Waals surface area contributed by atoms with E-state index in [1.54, 1.807) is 11.6 Å². The van der Waals surface area contributed by atoms with Crippen LogP contribution in [-0.2, 0) is 24.2 Å². The molecule has 1 amide bonds. The standard InChI is InChI=1S/C20H16F6N4OS/c1-11-4-3-5-12(6-11)17-28-29-18(30(17)2)32-10-16(31)27-15-8-13(19(21,22)23)7-14(9-15)20(24,25)26/h3-9H,10H2,1-2H3,(H,27,31). The Morgan fingerprint density at radius 3 is 2.19 bits per heavy atom. The number of halogens is 6. The fourth-order valence-corrected chi connectivity index (χ4v) is 3.54. The lowest BCUT2D eigenvalue weighted by atomic mass is 10.1. The molecular weight excluding hydrogens is 458 g/mol. The van der Waals surface area contributed by atoms with E-state index in [1.165, 1.54) is 0 Å². The number of hydrogen-bond acceptors (Lipinski definition) is 4. The highest BCUT2D eigenvalue weighted by Crippen LogP contribution is 2.37. The summed E-state index contributed by atoms with van der Waals surface area (Å²) in [5, 5.41) is 10.5.